The molecule has 0 bridgehead atoms. The highest BCUT2D eigenvalue weighted by Gasteiger charge is 2.24. The Bertz CT molecular complexity index is 419. The van der Waals surface area contributed by atoms with Crippen molar-refractivity contribution in [1.29, 1.82) is 0 Å². The minimum atomic E-state index is 0.116. The van der Waals surface area contributed by atoms with Crippen molar-refractivity contribution < 1.29 is 4.79 Å². The van der Waals surface area contributed by atoms with Crippen LogP contribution in [0.5, 0.6) is 0 Å². The fourth-order valence-corrected chi connectivity index (χ4v) is 3.33. The molecule has 1 aromatic rings. The Morgan fingerprint density at radius 3 is 3.11 bits per heavy atom. The maximum Gasteiger partial charge on any atom is 0.223 e. The lowest BCUT2D eigenvalue weighted by molar-refractivity contribution is -0.126. The van der Waals surface area contributed by atoms with E-state index in [4.69, 9.17) is 5.73 Å². The summed E-state index contributed by atoms with van der Waals surface area (Å²) in [6.07, 6.45) is 5.75. The molecule has 2 rings (SSSR count). The summed E-state index contributed by atoms with van der Waals surface area (Å²) in [5.41, 5.74) is 7.00. The summed E-state index contributed by atoms with van der Waals surface area (Å²) in [6.45, 7) is 2.79. The lowest BCUT2D eigenvalue weighted by Gasteiger charge is -2.25. The van der Waals surface area contributed by atoms with E-state index in [-0.39, 0.29) is 17.9 Å². The predicted molar refractivity (Wildman–Crippen MR) is 78.1 cm³/mol. The standard InChI is InChI=1S/C14H23N3OS/c1-2-13-17-12(9-19-13)6-7-16-14(18)10-4-3-5-11(15)8-10/h9-11H,2-8,15H2,1H3,(H,16,18). The van der Waals surface area contributed by atoms with Crippen molar-refractivity contribution in [2.45, 2.75) is 51.5 Å². The fourth-order valence-electron chi connectivity index (χ4n) is 2.55. The van der Waals surface area contributed by atoms with E-state index in [2.05, 4.69) is 22.6 Å². The molecule has 0 saturated heterocycles. The van der Waals surface area contributed by atoms with Gasteiger partial charge in [-0.2, -0.15) is 0 Å². The van der Waals surface area contributed by atoms with E-state index in [9.17, 15) is 4.79 Å². The molecule has 1 fully saturated rings. The highest BCUT2D eigenvalue weighted by Crippen LogP contribution is 2.23. The SMILES string of the molecule is CCc1nc(CCNC(=O)C2CCCC(N)C2)cs1. The van der Waals surface area contributed by atoms with Gasteiger partial charge in [-0.15, -0.1) is 11.3 Å². The average Bonchev–Trinajstić information content (AvgIpc) is 2.86. The van der Waals surface area contributed by atoms with Crippen LogP contribution in [0.15, 0.2) is 5.38 Å². The van der Waals surface area contributed by atoms with Gasteiger partial charge in [-0.25, -0.2) is 4.98 Å². The van der Waals surface area contributed by atoms with Gasteiger partial charge in [0.2, 0.25) is 5.91 Å². The van der Waals surface area contributed by atoms with Crippen LogP contribution in [0.4, 0.5) is 0 Å². The normalized spacial score (nSPS) is 23.3. The zero-order chi connectivity index (χ0) is 13.7. The summed E-state index contributed by atoms with van der Waals surface area (Å²) in [5.74, 6) is 0.284. The molecule has 1 aromatic heterocycles. The van der Waals surface area contributed by atoms with Gasteiger partial charge in [0.1, 0.15) is 0 Å². The zero-order valence-electron chi connectivity index (χ0n) is 11.5. The second kappa shape index (κ2) is 7.01. The maximum atomic E-state index is 12.0. The van der Waals surface area contributed by atoms with Gasteiger partial charge < -0.3 is 11.1 Å². The second-order valence-corrected chi connectivity index (χ2v) is 6.19. The molecule has 0 aliphatic heterocycles. The Labute approximate surface area is 118 Å². The summed E-state index contributed by atoms with van der Waals surface area (Å²) < 4.78 is 0. The summed E-state index contributed by atoms with van der Waals surface area (Å²) in [4.78, 5) is 16.5. The molecule has 4 nitrogen and oxygen atoms in total. The minimum Gasteiger partial charge on any atom is -0.355 e. The largest absolute Gasteiger partial charge is 0.355 e. The van der Waals surface area contributed by atoms with Crippen molar-refractivity contribution in [3.05, 3.63) is 16.1 Å². The van der Waals surface area contributed by atoms with Gasteiger partial charge in [0.15, 0.2) is 0 Å². The zero-order valence-corrected chi connectivity index (χ0v) is 12.3. The highest BCUT2D eigenvalue weighted by atomic mass is 32.1. The van der Waals surface area contributed by atoms with Crippen molar-refractivity contribution in [1.82, 2.24) is 10.3 Å². The summed E-state index contributed by atoms with van der Waals surface area (Å²) in [7, 11) is 0. The number of nitrogens with one attached hydrogen (secondary N) is 1. The van der Waals surface area contributed by atoms with E-state index in [0.717, 1.165) is 44.2 Å². The molecule has 5 heteroatoms. The molecule has 1 aliphatic rings. The second-order valence-electron chi connectivity index (χ2n) is 5.25. The predicted octanol–water partition coefficient (Wildman–Crippen LogP) is 1.88. The van der Waals surface area contributed by atoms with Crippen LogP contribution in [0.2, 0.25) is 0 Å². The quantitative estimate of drug-likeness (QED) is 0.866. The third-order valence-corrected chi connectivity index (χ3v) is 4.71. The van der Waals surface area contributed by atoms with E-state index in [0.29, 0.717) is 6.54 Å². The number of aromatic nitrogens is 1. The van der Waals surface area contributed by atoms with E-state index in [1.165, 1.54) is 5.01 Å². The average molecular weight is 281 g/mol. The molecule has 106 valence electrons. The molecule has 0 aromatic carbocycles. The van der Waals surface area contributed by atoms with E-state index in [1.54, 1.807) is 11.3 Å². The van der Waals surface area contributed by atoms with E-state index >= 15 is 0 Å². The van der Waals surface area contributed by atoms with Gasteiger partial charge in [-0.05, 0) is 25.7 Å². The third kappa shape index (κ3) is 4.28. The third-order valence-electron chi connectivity index (χ3n) is 3.67. The van der Waals surface area contributed by atoms with Crippen LogP contribution in [-0.2, 0) is 17.6 Å². The van der Waals surface area contributed by atoms with Crippen LogP contribution < -0.4 is 11.1 Å². The number of carbonyl (C=O) groups is 1. The maximum absolute atomic E-state index is 12.0. The number of hydrogen-bond donors (Lipinski definition) is 2. The van der Waals surface area contributed by atoms with Crippen LogP contribution in [0, 0.1) is 5.92 Å². The van der Waals surface area contributed by atoms with Crippen molar-refractivity contribution in [2.24, 2.45) is 11.7 Å². The summed E-state index contributed by atoms with van der Waals surface area (Å²) in [6, 6.07) is 0.204. The van der Waals surface area contributed by atoms with Crippen LogP contribution in [0.25, 0.3) is 0 Å². The molecule has 2 unspecified atom stereocenters. The van der Waals surface area contributed by atoms with E-state index in [1.807, 2.05) is 0 Å². The summed E-state index contributed by atoms with van der Waals surface area (Å²) in [5, 5.41) is 6.27. The van der Waals surface area contributed by atoms with Crippen molar-refractivity contribution in [3.8, 4) is 0 Å². The fraction of sp³-hybridized carbons (Fsp3) is 0.714. The molecule has 1 aliphatic carbocycles. The first-order chi connectivity index (χ1) is 9.19. The Kier molecular flexibility index (Phi) is 5.34. The minimum absolute atomic E-state index is 0.116. The summed E-state index contributed by atoms with van der Waals surface area (Å²) >= 11 is 1.70. The molecule has 0 radical (unpaired) electrons. The number of thiazole rings is 1. The number of carbonyl (C=O) groups excluding carboxylic acids is 1. The van der Waals surface area contributed by atoms with Gasteiger partial charge in [0.25, 0.3) is 0 Å². The van der Waals surface area contributed by atoms with Crippen molar-refractivity contribution in [2.75, 3.05) is 6.54 Å². The van der Waals surface area contributed by atoms with E-state index < -0.39 is 0 Å². The number of nitrogens with two attached hydrogens (primary N) is 1. The van der Waals surface area contributed by atoms with Gasteiger partial charge in [-0.1, -0.05) is 13.3 Å². The Morgan fingerprint density at radius 1 is 1.58 bits per heavy atom. The van der Waals surface area contributed by atoms with Gasteiger partial charge >= 0.3 is 0 Å². The topological polar surface area (TPSA) is 68.0 Å². The Balaban J connectivity index is 1.71. The number of amides is 1. The van der Waals surface area contributed by atoms with Crippen molar-refractivity contribution >= 4 is 17.2 Å². The molecule has 1 amide bonds. The lowest BCUT2D eigenvalue weighted by atomic mass is 9.85. The number of hydrogen-bond acceptors (Lipinski definition) is 4. The molecular weight excluding hydrogens is 258 g/mol. The lowest BCUT2D eigenvalue weighted by Crippen LogP contribution is -2.38. The molecule has 1 heterocycles. The van der Waals surface area contributed by atoms with Gasteiger partial charge in [-0.3, -0.25) is 4.79 Å². The first-order valence-electron chi connectivity index (χ1n) is 7.15. The smallest absolute Gasteiger partial charge is 0.223 e. The monoisotopic (exact) mass is 281 g/mol. The van der Waals surface area contributed by atoms with Crippen LogP contribution in [0.1, 0.15) is 43.3 Å². The molecule has 1 saturated carbocycles. The Hall–Kier alpha value is -0.940. The van der Waals surface area contributed by atoms with Crippen LogP contribution in [-0.4, -0.2) is 23.5 Å². The first kappa shape index (κ1) is 14.5. The molecule has 19 heavy (non-hydrogen) atoms. The van der Waals surface area contributed by atoms with Gasteiger partial charge in [0.05, 0.1) is 10.7 Å². The Morgan fingerprint density at radius 2 is 2.42 bits per heavy atom. The molecule has 0 spiro atoms. The van der Waals surface area contributed by atoms with Crippen LogP contribution >= 0.6 is 11.3 Å². The highest BCUT2D eigenvalue weighted by molar-refractivity contribution is 7.09. The first-order valence-corrected chi connectivity index (χ1v) is 8.03. The number of nitrogens with zero attached hydrogens (tertiary/aromatic N) is 1. The molecule has 3 N–H and O–H groups in total. The van der Waals surface area contributed by atoms with Crippen molar-refractivity contribution in [3.63, 3.8) is 0 Å². The number of aryl methyl sites for hydroxylation is 1. The molecule has 2 atom stereocenters. The van der Waals surface area contributed by atoms with Crippen LogP contribution in [0.3, 0.4) is 0 Å². The number of rotatable bonds is 5. The molecular formula is C14H23N3OS. The van der Waals surface area contributed by atoms with Gasteiger partial charge in [0, 0.05) is 30.3 Å².